The SMILES string of the molecule is Cc1nc(C(=O)Nc2ccc(N(C)C)cc2)cc(N2c3ccccc3CC2C)n1. The lowest BCUT2D eigenvalue weighted by Gasteiger charge is -2.24. The molecule has 0 spiro atoms. The molecule has 2 heterocycles. The number of carbonyl (C=O) groups is 1. The van der Waals surface area contributed by atoms with Crippen LogP contribution >= 0.6 is 0 Å². The van der Waals surface area contributed by atoms with Crippen LogP contribution < -0.4 is 15.1 Å². The highest BCUT2D eigenvalue weighted by Crippen LogP contribution is 2.37. The van der Waals surface area contributed by atoms with Crippen molar-refractivity contribution in [3.8, 4) is 0 Å². The van der Waals surface area contributed by atoms with E-state index < -0.39 is 0 Å². The van der Waals surface area contributed by atoms with Crippen LogP contribution in [-0.4, -0.2) is 36.0 Å². The average Bonchev–Trinajstić information content (AvgIpc) is 3.03. The van der Waals surface area contributed by atoms with Gasteiger partial charge in [-0.05, 0) is 56.2 Å². The van der Waals surface area contributed by atoms with E-state index in [-0.39, 0.29) is 11.9 Å². The number of anilines is 4. The predicted molar refractivity (Wildman–Crippen MR) is 117 cm³/mol. The molecule has 0 aliphatic carbocycles. The lowest BCUT2D eigenvalue weighted by Crippen LogP contribution is -2.26. The Morgan fingerprint density at radius 2 is 1.83 bits per heavy atom. The number of nitrogens with one attached hydrogen (secondary N) is 1. The highest BCUT2D eigenvalue weighted by molar-refractivity contribution is 6.03. The summed E-state index contributed by atoms with van der Waals surface area (Å²) in [5.74, 6) is 1.09. The van der Waals surface area contributed by atoms with Crippen LogP contribution in [0.2, 0.25) is 0 Å². The zero-order chi connectivity index (χ0) is 20.5. The Bertz CT molecular complexity index is 1050. The summed E-state index contributed by atoms with van der Waals surface area (Å²) in [6.07, 6.45) is 0.957. The summed E-state index contributed by atoms with van der Waals surface area (Å²) >= 11 is 0. The second-order valence-corrected chi connectivity index (χ2v) is 7.61. The Hall–Kier alpha value is -3.41. The first-order chi connectivity index (χ1) is 13.9. The van der Waals surface area contributed by atoms with Crippen LogP contribution in [0.15, 0.2) is 54.6 Å². The van der Waals surface area contributed by atoms with E-state index in [1.54, 1.807) is 6.07 Å². The lowest BCUT2D eigenvalue weighted by molar-refractivity contribution is 0.102. The van der Waals surface area contributed by atoms with Gasteiger partial charge in [-0.3, -0.25) is 4.79 Å². The van der Waals surface area contributed by atoms with Crippen molar-refractivity contribution < 1.29 is 4.79 Å². The summed E-state index contributed by atoms with van der Waals surface area (Å²) in [5, 5.41) is 2.93. The second kappa shape index (κ2) is 7.54. The molecule has 1 aliphatic rings. The van der Waals surface area contributed by atoms with Crippen LogP contribution in [0.25, 0.3) is 0 Å². The minimum absolute atomic E-state index is 0.241. The van der Waals surface area contributed by atoms with Crippen molar-refractivity contribution in [2.75, 3.05) is 29.2 Å². The van der Waals surface area contributed by atoms with Gasteiger partial charge in [0.1, 0.15) is 17.3 Å². The normalized spacial score (nSPS) is 15.2. The molecule has 6 heteroatoms. The van der Waals surface area contributed by atoms with E-state index in [0.717, 1.165) is 29.3 Å². The van der Waals surface area contributed by atoms with E-state index in [4.69, 9.17) is 0 Å². The molecular formula is C23H25N5O. The summed E-state index contributed by atoms with van der Waals surface area (Å²) in [5.41, 5.74) is 4.61. The summed E-state index contributed by atoms with van der Waals surface area (Å²) in [6, 6.07) is 18.1. The maximum Gasteiger partial charge on any atom is 0.274 e. The first-order valence-electron chi connectivity index (χ1n) is 9.74. The molecule has 29 heavy (non-hydrogen) atoms. The number of fused-ring (bicyclic) bond motifs is 1. The lowest BCUT2D eigenvalue weighted by atomic mass is 10.1. The first-order valence-corrected chi connectivity index (χ1v) is 9.74. The number of carbonyl (C=O) groups excluding carboxylic acids is 1. The number of hydrogen-bond acceptors (Lipinski definition) is 5. The molecular weight excluding hydrogens is 362 g/mol. The van der Waals surface area contributed by atoms with E-state index in [1.165, 1.54) is 5.56 Å². The Morgan fingerprint density at radius 3 is 2.55 bits per heavy atom. The standard InChI is InChI=1S/C23H25N5O/c1-15-13-17-7-5-6-8-21(17)28(15)22-14-20(24-16(2)25-22)23(29)26-18-9-11-19(12-10-18)27(3)4/h5-12,14-15H,13H2,1-4H3,(H,26,29). The minimum Gasteiger partial charge on any atom is -0.378 e. The van der Waals surface area contributed by atoms with Gasteiger partial charge in [-0.1, -0.05) is 18.2 Å². The number of para-hydroxylation sites is 1. The number of amides is 1. The molecule has 0 saturated heterocycles. The monoisotopic (exact) mass is 387 g/mol. The molecule has 1 aliphatic heterocycles. The molecule has 6 nitrogen and oxygen atoms in total. The molecule has 1 aromatic heterocycles. The first kappa shape index (κ1) is 18.9. The molecule has 0 fully saturated rings. The van der Waals surface area contributed by atoms with E-state index in [0.29, 0.717) is 11.5 Å². The number of nitrogens with zero attached hydrogens (tertiary/aromatic N) is 4. The molecule has 1 amide bonds. The van der Waals surface area contributed by atoms with Gasteiger partial charge in [0.2, 0.25) is 0 Å². The van der Waals surface area contributed by atoms with Crippen LogP contribution in [0.1, 0.15) is 28.8 Å². The molecule has 0 radical (unpaired) electrons. The van der Waals surface area contributed by atoms with Crippen LogP contribution in [0.3, 0.4) is 0 Å². The maximum atomic E-state index is 12.8. The summed E-state index contributed by atoms with van der Waals surface area (Å²) in [6.45, 7) is 3.99. The van der Waals surface area contributed by atoms with Gasteiger partial charge in [0.05, 0.1) is 0 Å². The van der Waals surface area contributed by atoms with Crippen molar-refractivity contribution in [3.63, 3.8) is 0 Å². The predicted octanol–water partition coefficient (Wildman–Crippen LogP) is 4.19. The molecule has 1 unspecified atom stereocenters. The molecule has 1 N–H and O–H groups in total. The molecule has 0 bridgehead atoms. The summed E-state index contributed by atoms with van der Waals surface area (Å²) in [4.78, 5) is 26.0. The van der Waals surface area contributed by atoms with Crippen molar-refractivity contribution >= 4 is 28.8 Å². The van der Waals surface area contributed by atoms with Gasteiger partial charge < -0.3 is 15.1 Å². The number of aromatic nitrogens is 2. The Labute approximate surface area is 171 Å². The van der Waals surface area contributed by atoms with Crippen molar-refractivity contribution in [1.82, 2.24) is 9.97 Å². The van der Waals surface area contributed by atoms with E-state index in [9.17, 15) is 4.79 Å². The largest absolute Gasteiger partial charge is 0.378 e. The molecule has 0 saturated carbocycles. The number of benzene rings is 2. The second-order valence-electron chi connectivity index (χ2n) is 7.61. The van der Waals surface area contributed by atoms with E-state index in [2.05, 4.69) is 45.3 Å². The van der Waals surface area contributed by atoms with Crippen LogP contribution in [0.4, 0.5) is 22.9 Å². The Kier molecular flexibility index (Phi) is 4.92. The van der Waals surface area contributed by atoms with Gasteiger partial charge in [0, 0.05) is 43.3 Å². The fraction of sp³-hybridized carbons (Fsp3) is 0.261. The zero-order valence-electron chi connectivity index (χ0n) is 17.2. The van der Waals surface area contributed by atoms with E-state index in [1.807, 2.05) is 56.3 Å². The smallest absolute Gasteiger partial charge is 0.274 e. The van der Waals surface area contributed by atoms with Gasteiger partial charge in [-0.2, -0.15) is 0 Å². The van der Waals surface area contributed by atoms with Gasteiger partial charge >= 0.3 is 0 Å². The quantitative estimate of drug-likeness (QED) is 0.727. The Balaban J connectivity index is 1.61. The van der Waals surface area contributed by atoms with Gasteiger partial charge in [-0.25, -0.2) is 9.97 Å². The highest BCUT2D eigenvalue weighted by Gasteiger charge is 2.28. The van der Waals surface area contributed by atoms with Crippen molar-refractivity contribution in [1.29, 1.82) is 0 Å². The van der Waals surface area contributed by atoms with Crippen molar-refractivity contribution in [2.24, 2.45) is 0 Å². The number of hydrogen-bond donors (Lipinski definition) is 1. The van der Waals surface area contributed by atoms with Crippen molar-refractivity contribution in [2.45, 2.75) is 26.3 Å². The van der Waals surface area contributed by atoms with Gasteiger partial charge in [-0.15, -0.1) is 0 Å². The molecule has 148 valence electrons. The van der Waals surface area contributed by atoms with Crippen LogP contribution in [0, 0.1) is 6.92 Å². The summed E-state index contributed by atoms with van der Waals surface area (Å²) in [7, 11) is 3.96. The van der Waals surface area contributed by atoms with E-state index >= 15 is 0 Å². The van der Waals surface area contributed by atoms with Gasteiger partial charge in [0.15, 0.2) is 0 Å². The topological polar surface area (TPSA) is 61.4 Å². The fourth-order valence-electron chi connectivity index (χ4n) is 3.74. The fourth-order valence-corrected chi connectivity index (χ4v) is 3.74. The van der Waals surface area contributed by atoms with Crippen LogP contribution in [0.5, 0.6) is 0 Å². The Morgan fingerprint density at radius 1 is 1.10 bits per heavy atom. The number of rotatable bonds is 4. The van der Waals surface area contributed by atoms with Crippen molar-refractivity contribution in [3.05, 3.63) is 71.7 Å². The van der Waals surface area contributed by atoms with Gasteiger partial charge in [0.25, 0.3) is 5.91 Å². The third-order valence-corrected chi connectivity index (χ3v) is 5.15. The zero-order valence-corrected chi connectivity index (χ0v) is 17.2. The third kappa shape index (κ3) is 3.78. The van der Waals surface area contributed by atoms with Crippen LogP contribution in [-0.2, 0) is 6.42 Å². The molecule has 1 atom stereocenters. The number of aryl methyl sites for hydroxylation is 1. The molecule has 3 aromatic rings. The average molecular weight is 387 g/mol. The molecule has 4 rings (SSSR count). The molecule has 2 aromatic carbocycles. The maximum absolute atomic E-state index is 12.8. The highest BCUT2D eigenvalue weighted by atomic mass is 16.1. The third-order valence-electron chi connectivity index (χ3n) is 5.15. The summed E-state index contributed by atoms with van der Waals surface area (Å²) < 4.78 is 0. The minimum atomic E-state index is -0.241.